The van der Waals surface area contributed by atoms with Gasteiger partial charge in [-0.25, -0.2) is 8.78 Å². The molecule has 0 spiro atoms. The van der Waals surface area contributed by atoms with Crippen LogP contribution < -0.4 is 5.32 Å². The third kappa shape index (κ3) is 3.77. The Morgan fingerprint density at radius 2 is 1.94 bits per heavy atom. The molecule has 0 saturated heterocycles. The normalized spacial score (nSPS) is 12.2. The van der Waals surface area contributed by atoms with Crippen LogP contribution in [0.1, 0.15) is 31.9 Å². The second-order valence-electron chi connectivity index (χ2n) is 3.75. The number of carbonyl (C=O) groups excluding carboxylic acids is 1. The van der Waals surface area contributed by atoms with Crippen molar-refractivity contribution in [3.63, 3.8) is 0 Å². The second kappa shape index (κ2) is 7.06. The van der Waals surface area contributed by atoms with Gasteiger partial charge in [0.1, 0.15) is 11.6 Å². The quantitative estimate of drug-likeness (QED) is 0.796. The fourth-order valence-corrected chi connectivity index (χ4v) is 1.75. The highest BCUT2D eigenvalue weighted by Crippen LogP contribution is 2.23. The fraction of sp³-hybridized carbons (Fsp3) is 0.462. The summed E-state index contributed by atoms with van der Waals surface area (Å²) in [5.74, 6) is -1.80. The maximum absolute atomic E-state index is 13.6. The topological polar surface area (TPSA) is 38.3 Å². The molecule has 0 bridgehead atoms. The number of hydrogen-bond acceptors (Lipinski definition) is 3. The van der Waals surface area contributed by atoms with Gasteiger partial charge >= 0.3 is 5.97 Å². The molecule has 1 rings (SSSR count). The van der Waals surface area contributed by atoms with Crippen LogP contribution in [0.25, 0.3) is 0 Å². The van der Waals surface area contributed by atoms with E-state index in [1.54, 1.807) is 13.8 Å². The molecule has 1 aromatic carbocycles. The van der Waals surface area contributed by atoms with Gasteiger partial charge in [0.2, 0.25) is 0 Å². The van der Waals surface area contributed by atoms with Crippen molar-refractivity contribution in [2.45, 2.75) is 26.3 Å². The van der Waals surface area contributed by atoms with Gasteiger partial charge < -0.3 is 10.1 Å². The molecule has 1 N–H and O–H groups in total. The van der Waals surface area contributed by atoms with Gasteiger partial charge in [0.15, 0.2) is 0 Å². The highest BCUT2D eigenvalue weighted by atomic mass is 19.1. The van der Waals surface area contributed by atoms with Crippen LogP contribution in [0.3, 0.4) is 0 Å². The summed E-state index contributed by atoms with van der Waals surface area (Å²) in [7, 11) is 0. The first-order chi connectivity index (χ1) is 8.60. The first kappa shape index (κ1) is 14.6. The minimum atomic E-state index is -0.713. The number of nitrogens with one attached hydrogen (secondary N) is 1. The molecular weight excluding hydrogens is 240 g/mol. The van der Waals surface area contributed by atoms with Gasteiger partial charge in [-0.3, -0.25) is 4.79 Å². The molecule has 0 heterocycles. The summed E-state index contributed by atoms with van der Waals surface area (Å²) in [6, 6.07) is 2.93. The molecule has 1 atom stereocenters. The lowest BCUT2D eigenvalue weighted by atomic mass is 10.0. The van der Waals surface area contributed by atoms with Crippen LogP contribution >= 0.6 is 0 Å². The zero-order valence-corrected chi connectivity index (χ0v) is 10.5. The van der Waals surface area contributed by atoms with Crippen molar-refractivity contribution in [1.29, 1.82) is 0 Å². The first-order valence-corrected chi connectivity index (χ1v) is 5.93. The third-order valence-electron chi connectivity index (χ3n) is 2.47. The molecule has 18 heavy (non-hydrogen) atoms. The summed E-state index contributed by atoms with van der Waals surface area (Å²) in [5, 5.41) is 2.89. The molecule has 3 nitrogen and oxygen atoms in total. The van der Waals surface area contributed by atoms with Crippen molar-refractivity contribution in [2.24, 2.45) is 0 Å². The van der Waals surface area contributed by atoms with Crippen LogP contribution in [0.4, 0.5) is 8.78 Å². The van der Waals surface area contributed by atoms with E-state index < -0.39 is 23.6 Å². The van der Waals surface area contributed by atoms with E-state index in [1.165, 1.54) is 18.2 Å². The Labute approximate surface area is 105 Å². The van der Waals surface area contributed by atoms with E-state index in [1.807, 2.05) is 0 Å². The standard InChI is InChI=1S/C13H17F2NO2/c1-3-16-11(8-12(17)18-4-2)13-9(14)6-5-7-10(13)15/h5-7,11,16H,3-4,8H2,1-2H3. The number of hydrogen-bond donors (Lipinski definition) is 1. The van der Waals surface area contributed by atoms with Crippen molar-refractivity contribution in [1.82, 2.24) is 5.32 Å². The van der Waals surface area contributed by atoms with Crippen LogP contribution in [0, 0.1) is 11.6 Å². The number of carbonyl (C=O) groups is 1. The van der Waals surface area contributed by atoms with E-state index in [9.17, 15) is 13.6 Å². The van der Waals surface area contributed by atoms with Gasteiger partial charge in [-0.1, -0.05) is 13.0 Å². The van der Waals surface area contributed by atoms with Crippen molar-refractivity contribution >= 4 is 5.97 Å². The second-order valence-corrected chi connectivity index (χ2v) is 3.75. The average Bonchev–Trinajstić information content (AvgIpc) is 2.29. The van der Waals surface area contributed by atoms with E-state index in [-0.39, 0.29) is 18.6 Å². The van der Waals surface area contributed by atoms with E-state index in [4.69, 9.17) is 4.74 Å². The Morgan fingerprint density at radius 1 is 1.33 bits per heavy atom. The SMILES string of the molecule is CCNC(CC(=O)OCC)c1c(F)cccc1F. The van der Waals surface area contributed by atoms with E-state index in [0.29, 0.717) is 6.54 Å². The van der Waals surface area contributed by atoms with E-state index >= 15 is 0 Å². The molecule has 1 aromatic rings. The minimum Gasteiger partial charge on any atom is -0.466 e. The molecule has 0 aromatic heterocycles. The molecule has 0 saturated carbocycles. The highest BCUT2D eigenvalue weighted by molar-refractivity contribution is 5.70. The zero-order valence-electron chi connectivity index (χ0n) is 10.5. The molecule has 0 aliphatic carbocycles. The number of esters is 1. The first-order valence-electron chi connectivity index (χ1n) is 5.93. The maximum Gasteiger partial charge on any atom is 0.307 e. The van der Waals surface area contributed by atoms with Gasteiger partial charge in [0.05, 0.1) is 13.0 Å². The predicted molar refractivity (Wildman–Crippen MR) is 64.0 cm³/mol. The Morgan fingerprint density at radius 3 is 2.44 bits per heavy atom. The van der Waals surface area contributed by atoms with Crippen molar-refractivity contribution in [3.8, 4) is 0 Å². The number of halogens is 2. The maximum atomic E-state index is 13.6. The molecule has 100 valence electrons. The molecule has 0 amide bonds. The van der Waals surface area contributed by atoms with Gasteiger partial charge in [-0.2, -0.15) is 0 Å². The molecule has 5 heteroatoms. The summed E-state index contributed by atoms with van der Waals surface area (Å²) in [4.78, 5) is 11.4. The summed E-state index contributed by atoms with van der Waals surface area (Å²) < 4.78 is 32.1. The molecular formula is C13H17F2NO2. The Balaban J connectivity index is 2.93. The number of ether oxygens (including phenoxy) is 1. The Hall–Kier alpha value is -1.49. The monoisotopic (exact) mass is 257 g/mol. The molecule has 0 fully saturated rings. The Kier molecular flexibility index (Phi) is 5.71. The lowest BCUT2D eigenvalue weighted by molar-refractivity contribution is -0.143. The van der Waals surface area contributed by atoms with Crippen molar-refractivity contribution in [2.75, 3.05) is 13.2 Å². The number of benzene rings is 1. The average molecular weight is 257 g/mol. The van der Waals surface area contributed by atoms with Gasteiger partial charge in [0, 0.05) is 11.6 Å². The van der Waals surface area contributed by atoms with Gasteiger partial charge in [-0.05, 0) is 25.6 Å². The van der Waals surface area contributed by atoms with Crippen LogP contribution in [-0.2, 0) is 9.53 Å². The third-order valence-corrected chi connectivity index (χ3v) is 2.47. The number of rotatable bonds is 6. The highest BCUT2D eigenvalue weighted by Gasteiger charge is 2.22. The van der Waals surface area contributed by atoms with Crippen LogP contribution in [-0.4, -0.2) is 19.1 Å². The predicted octanol–water partition coefficient (Wildman–Crippen LogP) is 2.57. The van der Waals surface area contributed by atoms with Crippen LogP contribution in [0.15, 0.2) is 18.2 Å². The lowest BCUT2D eigenvalue weighted by Crippen LogP contribution is -2.26. The lowest BCUT2D eigenvalue weighted by Gasteiger charge is -2.18. The molecule has 1 unspecified atom stereocenters. The molecule has 0 aliphatic rings. The van der Waals surface area contributed by atoms with Crippen molar-refractivity contribution in [3.05, 3.63) is 35.4 Å². The summed E-state index contributed by atoms with van der Waals surface area (Å²) >= 11 is 0. The molecule has 0 radical (unpaired) electrons. The van der Waals surface area contributed by atoms with Gasteiger partial charge in [0.25, 0.3) is 0 Å². The van der Waals surface area contributed by atoms with Crippen LogP contribution in [0.2, 0.25) is 0 Å². The van der Waals surface area contributed by atoms with Crippen molar-refractivity contribution < 1.29 is 18.3 Å². The summed E-state index contributed by atoms with van der Waals surface area (Å²) in [6.45, 7) is 4.23. The zero-order chi connectivity index (χ0) is 13.5. The largest absolute Gasteiger partial charge is 0.466 e. The minimum absolute atomic E-state index is 0.0977. The van der Waals surface area contributed by atoms with E-state index in [2.05, 4.69) is 5.32 Å². The van der Waals surface area contributed by atoms with E-state index in [0.717, 1.165) is 0 Å². The smallest absolute Gasteiger partial charge is 0.307 e. The molecule has 0 aliphatic heterocycles. The summed E-state index contributed by atoms with van der Waals surface area (Å²) in [6.07, 6.45) is -0.0977. The van der Waals surface area contributed by atoms with Crippen LogP contribution in [0.5, 0.6) is 0 Å². The Bertz CT molecular complexity index is 390. The van der Waals surface area contributed by atoms with Gasteiger partial charge in [-0.15, -0.1) is 0 Å². The summed E-state index contributed by atoms with van der Waals surface area (Å²) in [5.41, 5.74) is -0.118. The fourth-order valence-electron chi connectivity index (χ4n) is 1.75.